The van der Waals surface area contributed by atoms with Gasteiger partial charge in [0.1, 0.15) is 11.6 Å². The summed E-state index contributed by atoms with van der Waals surface area (Å²) in [6.07, 6.45) is 0. The molecule has 0 fully saturated rings. The van der Waals surface area contributed by atoms with Gasteiger partial charge in [0.05, 0.1) is 9.82 Å². The lowest BCUT2D eigenvalue weighted by Gasteiger charge is -2.08. The van der Waals surface area contributed by atoms with Crippen LogP contribution in [0, 0.1) is 28.4 Å². The Morgan fingerprint density at radius 1 is 1.19 bits per heavy atom. The average molecular weight is 377 g/mol. The molecule has 0 aliphatic carbocycles. The van der Waals surface area contributed by atoms with E-state index in [-0.39, 0.29) is 11.3 Å². The maximum atomic E-state index is 12.0. The molecule has 1 aromatic heterocycles. The van der Waals surface area contributed by atoms with Gasteiger partial charge < -0.3 is 4.98 Å². The van der Waals surface area contributed by atoms with Crippen molar-refractivity contribution >= 4 is 17.4 Å². The number of aryl methyl sites for hydroxylation is 1. The quantitative estimate of drug-likeness (QED) is 0.403. The van der Waals surface area contributed by atoms with Gasteiger partial charge in [0.2, 0.25) is 0 Å². The number of thioether (sulfide) groups is 1. The minimum atomic E-state index is -0.502. The van der Waals surface area contributed by atoms with E-state index in [2.05, 4.69) is 4.98 Å². The number of hydrogen-bond acceptors (Lipinski definition) is 5. The van der Waals surface area contributed by atoms with Crippen LogP contribution in [-0.4, -0.2) is 9.91 Å². The third kappa shape index (κ3) is 4.07. The Morgan fingerprint density at radius 2 is 1.93 bits per heavy atom. The van der Waals surface area contributed by atoms with Gasteiger partial charge in [-0.1, -0.05) is 36.4 Å². The Labute approximate surface area is 159 Å². The van der Waals surface area contributed by atoms with Crippen LogP contribution in [0.4, 0.5) is 5.69 Å². The normalized spacial score (nSPS) is 10.4. The molecule has 0 amide bonds. The highest BCUT2D eigenvalue weighted by molar-refractivity contribution is 7.98. The van der Waals surface area contributed by atoms with Gasteiger partial charge in [0, 0.05) is 23.1 Å². The van der Waals surface area contributed by atoms with Gasteiger partial charge in [-0.25, -0.2) is 0 Å². The van der Waals surface area contributed by atoms with Crippen LogP contribution in [0.15, 0.2) is 64.3 Å². The molecule has 0 radical (unpaired) electrons. The van der Waals surface area contributed by atoms with Crippen LogP contribution in [0.3, 0.4) is 0 Å². The Hall–Kier alpha value is -3.37. The van der Waals surface area contributed by atoms with Gasteiger partial charge in [-0.2, -0.15) is 5.26 Å². The first-order chi connectivity index (χ1) is 13.0. The van der Waals surface area contributed by atoms with Gasteiger partial charge >= 0.3 is 0 Å². The first kappa shape index (κ1) is 18.4. The van der Waals surface area contributed by atoms with E-state index in [1.54, 1.807) is 25.1 Å². The van der Waals surface area contributed by atoms with E-state index in [1.165, 1.54) is 17.8 Å². The molecule has 2 aromatic carbocycles. The number of pyridine rings is 1. The monoisotopic (exact) mass is 377 g/mol. The second-order valence-electron chi connectivity index (χ2n) is 5.90. The standard InChI is InChI=1S/C20H15N3O3S/c1-13-9-16(17(11-21)20(24)22-13)15-7-8-19(18(10-15)23(25)26)27-12-14-5-3-2-4-6-14/h2-10H,12H2,1H3,(H,22,24). The Balaban J connectivity index is 2.01. The lowest BCUT2D eigenvalue weighted by atomic mass is 10.0. The number of benzene rings is 2. The number of hydrogen-bond donors (Lipinski definition) is 1. The van der Waals surface area contributed by atoms with Crippen molar-refractivity contribution in [3.8, 4) is 17.2 Å². The Kier molecular flexibility index (Phi) is 5.38. The number of aromatic amines is 1. The number of H-pyrrole nitrogens is 1. The number of nitrogens with zero attached hydrogens (tertiary/aromatic N) is 2. The fraction of sp³-hybridized carbons (Fsp3) is 0.100. The summed E-state index contributed by atoms with van der Waals surface area (Å²) in [6.45, 7) is 1.70. The van der Waals surface area contributed by atoms with E-state index in [9.17, 15) is 20.2 Å². The molecule has 0 spiro atoms. The second-order valence-corrected chi connectivity index (χ2v) is 6.91. The van der Waals surface area contributed by atoms with Crippen molar-refractivity contribution < 1.29 is 4.92 Å². The molecule has 3 rings (SSSR count). The summed E-state index contributed by atoms with van der Waals surface area (Å²) in [5.74, 6) is 0.606. The molecule has 0 atom stereocenters. The van der Waals surface area contributed by atoms with E-state index in [0.717, 1.165) is 5.56 Å². The maximum Gasteiger partial charge on any atom is 0.283 e. The third-order valence-corrected chi connectivity index (χ3v) is 5.12. The van der Waals surface area contributed by atoms with Gasteiger partial charge in [-0.3, -0.25) is 14.9 Å². The molecule has 0 aliphatic rings. The maximum absolute atomic E-state index is 12.0. The first-order valence-electron chi connectivity index (χ1n) is 8.09. The fourth-order valence-corrected chi connectivity index (χ4v) is 3.67. The average Bonchev–Trinajstić information content (AvgIpc) is 2.66. The molecule has 3 aromatic rings. The topological polar surface area (TPSA) is 99.8 Å². The smallest absolute Gasteiger partial charge is 0.283 e. The summed E-state index contributed by atoms with van der Waals surface area (Å²) >= 11 is 1.37. The van der Waals surface area contributed by atoms with E-state index < -0.39 is 10.5 Å². The van der Waals surface area contributed by atoms with Crippen molar-refractivity contribution in [3.05, 3.63) is 91.9 Å². The molecule has 1 heterocycles. The highest BCUT2D eigenvalue weighted by Gasteiger charge is 2.18. The minimum Gasteiger partial charge on any atom is -0.325 e. The molecule has 6 nitrogen and oxygen atoms in total. The summed E-state index contributed by atoms with van der Waals surface area (Å²) in [5, 5.41) is 20.9. The predicted octanol–water partition coefficient (Wildman–Crippen LogP) is 4.42. The van der Waals surface area contributed by atoms with Gasteiger partial charge in [0.25, 0.3) is 11.2 Å². The van der Waals surface area contributed by atoms with Crippen LogP contribution in [-0.2, 0) is 5.75 Å². The minimum absolute atomic E-state index is 0.0461. The van der Waals surface area contributed by atoms with Gasteiger partial charge in [0.15, 0.2) is 0 Å². The van der Waals surface area contributed by atoms with Crippen molar-refractivity contribution in [1.29, 1.82) is 5.26 Å². The van der Waals surface area contributed by atoms with Crippen LogP contribution >= 0.6 is 11.8 Å². The zero-order valence-corrected chi connectivity index (χ0v) is 15.2. The molecule has 0 unspecified atom stereocenters. The molecular weight excluding hydrogens is 362 g/mol. The zero-order chi connectivity index (χ0) is 19.4. The lowest BCUT2D eigenvalue weighted by Crippen LogP contribution is -2.12. The summed E-state index contributed by atoms with van der Waals surface area (Å²) in [6, 6.07) is 18.0. The van der Waals surface area contributed by atoms with E-state index >= 15 is 0 Å². The summed E-state index contributed by atoms with van der Waals surface area (Å²) in [4.78, 5) is 26.2. The highest BCUT2D eigenvalue weighted by Crippen LogP contribution is 2.35. The number of nitro groups is 1. The van der Waals surface area contributed by atoms with E-state index in [1.807, 2.05) is 36.4 Å². The summed E-state index contributed by atoms with van der Waals surface area (Å²) in [5.41, 5.74) is 1.91. The van der Waals surface area contributed by atoms with Crippen molar-refractivity contribution in [2.75, 3.05) is 0 Å². The second kappa shape index (κ2) is 7.89. The summed E-state index contributed by atoms with van der Waals surface area (Å²) in [7, 11) is 0. The predicted molar refractivity (Wildman–Crippen MR) is 105 cm³/mol. The number of aromatic nitrogens is 1. The number of nitro benzene ring substituents is 1. The van der Waals surface area contributed by atoms with Crippen molar-refractivity contribution in [1.82, 2.24) is 4.98 Å². The molecule has 0 bridgehead atoms. The molecule has 1 N–H and O–H groups in total. The van der Waals surface area contributed by atoms with Crippen LogP contribution in [0.25, 0.3) is 11.1 Å². The van der Waals surface area contributed by atoms with Crippen LogP contribution in [0.1, 0.15) is 16.8 Å². The zero-order valence-electron chi connectivity index (χ0n) is 14.4. The number of nitriles is 1. The van der Waals surface area contributed by atoms with Crippen molar-refractivity contribution in [2.24, 2.45) is 0 Å². The van der Waals surface area contributed by atoms with Crippen LogP contribution in [0.5, 0.6) is 0 Å². The van der Waals surface area contributed by atoms with Gasteiger partial charge in [-0.05, 0) is 30.2 Å². The molecule has 0 saturated heterocycles. The molecule has 0 saturated carbocycles. The van der Waals surface area contributed by atoms with E-state index in [4.69, 9.17) is 0 Å². The largest absolute Gasteiger partial charge is 0.325 e. The highest BCUT2D eigenvalue weighted by atomic mass is 32.2. The molecule has 7 heteroatoms. The first-order valence-corrected chi connectivity index (χ1v) is 9.07. The van der Waals surface area contributed by atoms with E-state index in [0.29, 0.717) is 27.5 Å². The molecular formula is C20H15N3O3S. The Bertz CT molecular complexity index is 1100. The van der Waals surface area contributed by atoms with Crippen LogP contribution in [0.2, 0.25) is 0 Å². The molecule has 0 aliphatic heterocycles. The van der Waals surface area contributed by atoms with Crippen molar-refractivity contribution in [2.45, 2.75) is 17.6 Å². The number of rotatable bonds is 5. The summed E-state index contributed by atoms with van der Waals surface area (Å²) < 4.78 is 0. The number of nitrogens with one attached hydrogen (secondary N) is 1. The van der Waals surface area contributed by atoms with Gasteiger partial charge in [-0.15, -0.1) is 11.8 Å². The fourth-order valence-electron chi connectivity index (χ4n) is 2.71. The molecule has 134 valence electrons. The SMILES string of the molecule is Cc1cc(-c2ccc(SCc3ccccc3)c([N+](=O)[O-])c2)c(C#N)c(=O)[nH]1. The Morgan fingerprint density at radius 3 is 2.59 bits per heavy atom. The van der Waals surface area contributed by atoms with Crippen LogP contribution < -0.4 is 5.56 Å². The van der Waals surface area contributed by atoms with Crippen molar-refractivity contribution in [3.63, 3.8) is 0 Å². The lowest BCUT2D eigenvalue weighted by molar-refractivity contribution is -0.387. The third-order valence-electron chi connectivity index (χ3n) is 3.98. The molecule has 27 heavy (non-hydrogen) atoms.